The maximum absolute atomic E-state index is 5.80. The first-order valence-electron chi connectivity index (χ1n) is 6.92. The summed E-state index contributed by atoms with van der Waals surface area (Å²) in [5, 5.41) is 3.54. The molecular weight excluding hydrogens is 288 g/mol. The van der Waals surface area contributed by atoms with E-state index in [1.807, 2.05) is 18.2 Å². The van der Waals surface area contributed by atoms with E-state index in [1.54, 1.807) is 0 Å². The number of nitrogens with two attached hydrogens (primary N) is 1. The summed E-state index contributed by atoms with van der Waals surface area (Å²) in [7, 11) is 0. The summed E-state index contributed by atoms with van der Waals surface area (Å²) >= 11 is 3.56. The van der Waals surface area contributed by atoms with E-state index in [0.29, 0.717) is 0 Å². The van der Waals surface area contributed by atoms with E-state index < -0.39 is 0 Å². The lowest BCUT2D eigenvalue weighted by molar-refractivity contribution is 0.419. The van der Waals surface area contributed by atoms with Crippen LogP contribution in [0.4, 0.5) is 5.69 Å². The van der Waals surface area contributed by atoms with Gasteiger partial charge in [-0.1, -0.05) is 49.0 Å². The van der Waals surface area contributed by atoms with E-state index in [-0.39, 0.29) is 0 Å². The molecule has 1 atom stereocenters. The zero-order chi connectivity index (χ0) is 13.4. The molecule has 0 saturated carbocycles. The van der Waals surface area contributed by atoms with E-state index in [0.717, 1.165) is 29.2 Å². The topological polar surface area (TPSA) is 38.0 Å². The molecular formula is C15H25BrN2. The normalized spacial score (nSPS) is 12.6. The van der Waals surface area contributed by atoms with Crippen LogP contribution in [0.3, 0.4) is 0 Å². The molecule has 102 valence electrons. The number of rotatable bonds is 8. The van der Waals surface area contributed by atoms with Gasteiger partial charge in [-0.15, -0.1) is 0 Å². The molecule has 0 bridgehead atoms. The molecule has 1 aromatic rings. The standard InChI is InChI=1S/C15H25BrN2/c1-3-5-6-12(4-2)10-18-11-13-9-14(17)7-8-15(13)16/h7-9,12,18H,3-6,10-11,17H2,1-2H3. The monoisotopic (exact) mass is 312 g/mol. The van der Waals surface area contributed by atoms with Gasteiger partial charge in [-0.2, -0.15) is 0 Å². The van der Waals surface area contributed by atoms with Crippen molar-refractivity contribution in [3.05, 3.63) is 28.2 Å². The van der Waals surface area contributed by atoms with Crippen molar-refractivity contribution in [2.75, 3.05) is 12.3 Å². The van der Waals surface area contributed by atoms with Crippen LogP contribution in [0, 0.1) is 5.92 Å². The Morgan fingerprint density at radius 1 is 1.33 bits per heavy atom. The van der Waals surface area contributed by atoms with Crippen LogP contribution in [0.25, 0.3) is 0 Å². The number of unbranched alkanes of at least 4 members (excludes halogenated alkanes) is 1. The first-order chi connectivity index (χ1) is 8.67. The second-order valence-electron chi connectivity index (χ2n) is 4.90. The Labute approximate surface area is 119 Å². The molecule has 0 fully saturated rings. The lowest BCUT2D eigenvalue weighted by Gasteiger charge is -2.16. The van der Waals surface area contributed by atoms with Crippen molar-refractivity contribution >= 4 is 21.6 Å². The molecule has 0 amide bonds. The SMILES string of the molecule is CCCCC(CC)CNCc1cc(N)ccc1Br. The molecule has 1 unspecified atom stereocenters. The minimum absolute atomic E-state index is 0.796. The third kappa shape index (κ3) is 5.40. The number of nitrogens with one attached hydrogen (secondary N) is 1. The van der Waals surface area contributed by atoms with Crippen LogP contribution < -0.4 is 11.1 Å². The lowest BCUT2D eigenvalue weighted by atomic mass is 9.99. The summed E-state index contributed by atoms with van der Waals surface area (Å²) in [4.78, 5) is 0. The third-order valence-corrected chi connectivity index (χ3v) is 4.14. The summed E-state index contributed by atoms with van der Waals surface area (Å²) in [6.07, 6.45) is 5.21. The van der Waals surface area contributed by atoms with Crippen LogP contribution in [0.5, 0.6) is 0 Å². The van der Waals surface area contributed by atoms with Crippen LogP contribution in [0.2, 0.25) is 0 Å². The van der Waals surface area contributed by atoms with Gasteiger partial charge in [-0.05, 0) is 42.6 Å². The number of halogens is 1. The number of benzene rings is 1. The van der Waals surface area contributed by atoms with Gasteiger partial charge in [-0.3, -0.25) is 0 Å². The largest absolute Gasteiger partial charge is 0.399 e. The molecule has 0 spiro atoms. The van der Waals surface area contributed by atoms with Crippen molar-refractivity contribution in [1.29, 1.82) is 0 Å². The zero-order valence-corrected chi connectivity index (χ0v) is 13.1. The Morgan fingerprint density at radius 3 is 2.78 bits per heavy atom. The average Bonchev–Trinajstić information content (AvgIpc) is 2.37. The molecule has 0 aromatic heterocycles. The fraction of sp³-hybridized carbons (Fsp3) is 0.600. The first kappa shape index (κ1) is 15.5. The summed E-state index contributed by atoms with van der Waals surface area (Å²) in [5.74, 6) is 0.796. The van der Waals surface area contributed by atoms with Crippen LogP contribution in [0.15, 0.2) is 22.7 Å². The quantitative estimate of drug-likeness (QED) is 0.701. The Kier molecular flexibility index (Phi) is 7.36. The molecule has 3 heteroatoms. The lowest BCUT2D eigenvalue weighted by Crippen LogP contribution is -2.22. The second kappa shape index (κ2) is 8.54. The predicted molar refractivity (Wildman–Crippen MR) is 83.6 cm³/mol. The van der Waals surface area contributed by atoms with Crippen molar-refractivity contribution < 1.29 is 0 Å². The Morgan fingerprint density at radius 2 is 2.11 bits per heavy atom. The molecule has 0 aliphatic heterocycles. The van der Waals surface area contributed by atoms with E-state index in [2.05, 4.69) is 35.1 Å². The van der Waals surface area contributed by atoms with Gasteiger partial charge in [0, 0.05) is 16.7 Å². The molecule has 0 aliphatic carbocycles. The minimum Gasteiger partial charge on any atom is -0.399 e. The molecule has 2 nitrogen and oxygen atoms in total. The first-order valence-corrected chi connectivity index (χ1v) is 7.71. The van der Waals surface area contributed by atoms with Crippen molar-refractivity contribution in [3.8, 4) is 0 Å². The second-order valence-corrected chi connectivity index (χ2v) is 5.75. The minimum atomic E-state index is 0.796. The Bertz CT molecular complexity index is 352. The summed E-state index contributed by atoms with van der Waals surface area (Å²) in [5.41, 5.74) is 7.87. The van der Waals surface area contributed by atoms with Gasteiger partial charge in [0.2, 0.25) is 0 Å². The smallest absolute Gasteiger partial charge is 0.0318 e. The molecule has 3 N–H and O–H groups in total. The average molecular weight is 313 g/mol. The van der Waals surface area contributed by atoms with Gasteiger partial charge in [0.05, 0.1) is 0 Å². The number of hydrogen-bond donors (Lipinski definition) is 2. The molecule has 1 rings (SSSR count). The molecule has 0 radical (unpaired) electrons. The van der Waals surface area contributed by atoms with Crippen LogP contribution in [0.1, 0.15) is 45.1 Å². The Hall–Kier alpha value is -0.540. The highest BCUT2D eigenvalue weighted by Gasteiger charge is 2.06. The van der Waals surface area contributed by atoms with Crippen LogP contribution in [-0.4, -0.2) is 6.54 Å². The van der Waals surface area contributed by atoms with Crippen LogP contribution >= 0.6 is 15.9 Å². The van der Waals surface area contributed by atoms with E-state index >= 15 is 0 Å². The van der Waals surface area contributed by atoms with E-state index in [9.17, 15) is 0 Å². The van der Waals surface area contributed by atoms with Crippen molar-refractivity contribution in [2.24, 2.45) is 5.92 Å². The van der Waals surface area contributed by atoms with Gasteiger partial charge in [0.25, 0.3) is 0 Å². The van der Waals surface area contributed by atoms with Gasteiger partial charge >= 0.3 is 0 Å². The predicted octanol–water partition coefficient (Wildman–Crippen LogP) is 4.34. The highest BCUT2D eigenvalue weighted by Crippen LogP contribution is 2.19. The van der Waals surface area contributed by atoms with Crippen molar-refractivity contribution in [3.63, 3.8) is 0 Å². The molecule has 0 heterocycles. The summed E-state index contributed by atoms with van der Waals surface area (Å²) < 4.78 is 1.13. The molecule has 0 aliphatic rings. The van der Waals surface area contributed by atoms with Gasteiger partial charge in [0.15, 0.2) is 0 Å². The maximum Gasteiger partial charge on any atom is 0.0318 e. The number of nitrogen functional groups attached to an aromatic ring is 1. The summed E-state index contributed by atoms with van der Waals surface area (Å²) in [6.45, 7) is 6.51. The third-order valence-electron chi connectivity index (χ3n) is 3.36. The van der Waals surface area contributed by atoms with E-state index in [4.69, 9.17) is 5.73 Å². The molecule has 18 heavy (non-hydrogen) atoms. The highest BCUT2D eigenvalue weighted by atomic mass is 79.9. The number of hydrogen-bond acceptors (Lipinski definition) is 2. The Balaban J connectivity index is 2.37. The fourth-order valence-electron chi connectivity index (χ4n) is 2.08. The maximum atomic E-state index is 5.80. The van der Waals surface area contributed by atoms with Crippen molar-refractivity contribution in [2.45, 2.75) is 46.1 Å². The van der Waals surface area contributed by atoms with Crippen molar-refractivity contribution in [1.82, 2.24) is 5.32 Å². The van der Waals surface area contributed by atoms with E-state index in [1.165, 1.54) is 31.2 Å². The fourth-order valence-corrected chi connectivity index (χ4v) is 2.47. The summed E-state index contributed by atoms with van der Waals surface area (Å²) in [6, 6.07) is 5.97. The van der Waals surface area contributed by atoms with Crippen LogP contribution in [-0.2, 0) is 6.54 Å². The molecule has 1 aromatic carbocycles. The molecule has 0 saturated heterocycles. The van der Waals surface area contributed by atoms with Gasteiger partial charge < -0.3 is 11.1 Å². The van der Waals surface area contributed by atoms with Gasteiger partial charge in [0.1, 0.15) is 0 Å². The zero-order valence-electron chi connectivity index (χ0n) is 11.5. The number of anilines is 1. The van der Waals surface area contributed by atoms with Gasteiger partial charge in [-0.25, -0.2) is 0 Å². The highest BCUT2D eigenvalue weighted by molar-refractivity contribution is 9.10.